The molecule has 0 bridgehead atoms. The highest BCUT2D eigenvalue weighted by Crippen LogP contribution is 2.48. The van der Waals surface area contributed by atoms with E-state index in [0.717, 1.165) is 30.4 Å². The zero-order valence-corrected chi connectivity index (χ0v) is 19.3. The van der Waals surface area contributed by atoms with Crippen LogP contribution < -0.4 is 10.0 Å². The van der Waals surface area contributed by atoms with Crippen molar-refractivity contribution in [2.75, 3.05) is 4.72 Å². The summed E-state index contributed by atoms with van der Waals surface area (Å²) in [6.45, 7) is 10.3. The molecule has 2 aromatic carbocycles. The van der Waals surface area contributed by atoms with Gasteiger partial charge in [0.05, 0.1) is 10.3 Å². The summed E-state index contributed by atoms with van der Waals surface area (Å²) >= 11 is 0. The average Bonchev–Trinajstić information content (AvgIpc) is 3.49. The van der Waals surface area contributed by atoms with Crippen LogP contribution in [0.2, 0.25) is 0 Å². The number of sulfonamides is 1. The number of anilines is 1. The van der Waals surface area contributed by atoms with Gasteiger partial charge in [-0.05, 0) is 67.0 Å². The molecule has 0 heterocycles. The molecule has 30 heavy (non-hydrogen) atoms. The SMILES string of the molecule is CC[C@@H](C)NC(=O)C1(c2ccc(NS(=O)(=O)c3ccc(C(C)(C)C)cc3)cc2)CC1. The van der Waals surface area contributed by atoms with Gasteiger partial charge in [-0.1, -0.05) is 52.0 Å². The molecule has 6 heteroatoms. The van der Waals surface area contributed by atoms with Gasteiger partial charge in [-0.15, -0.1) is 0 Å². The fourth-order valence-corrected chi connectivity index (χ4v) is 4.50. The monoisotopic (exact) mass is 428 g/mol. The summed E-state index contributed by atoms with van der Waals surface area (Å²) in [5.41, 5.74) is 1.99. The molecule has 0 spiro atoms. The Morgan fingerprint density at radius 1 is 1.03 bits per heavy atom. The first-order chi connectivity index (χ1) is 14.0. The van der Waals surface area contributed by atoms with Gasteiger partial charge in [0.25, 0.3) is 10.0 Å². The predicted molar refractivity (Wildman–Crippen MR) is 121 cm³/mol. The smallest absolute Gasteiger partial charge is 0.261 e. The van der Waals surface area contributed by atoms with Gasteiger partial charge in [0.1, 0.15) is 0 Å². The lowest BCUT2D eigenvalue weighted by Crippen LogP contribution is -2.39. The second kappa shape index (κ2) is 8.06. The molecule has 1 amide bonds. The lowest BCUT2D eigenvalue weighted by Gasteiger charge is -2.20. The van der Waals surface area contributed by atoms with Crippen LogP contribution in [0.15, 0.2) is 53.4 Å². The Morgan fingerprint density at radius 3 is 2.07 bits per heavy atom. The van der Waals surface area contributed by atoms with E-state index in [1.807, 2.05) is 38.1 Å². The number of nitrogens with one attached hydrogen (secondary N) is 2. The van der Waals surface area contributed by atoms with Gasteiger partial charge in [0.15, 0.2) is 0 Å². The molecule has 5 nitrogen and oxygen atoms in total. The van der Waals surface area contributed by atoms with Gasteiger partial charge < -0.3 is 5.32 Å². The van der Waals surface area contributed by atoms with E-state index < -0.39 is 15.4 Å². The summed E-state index contributed by atoms with van der Waals surface area (Å²) in [4.78, 5) is 12.9. The van der Waals surface area contributed by atoms with Crippen LogP contribution in [0.3, 0.4) is 0 Å². The molecule has 1 aliphatic carbocycles. The predicted octanol–water partition coefficient (Wildman–Crippen LogP) is 4.73. The highest BCUT2D eigenvalue weighted by Gasteiger charge is 2.51. The molecule has 0 saturated heterocycles. The van der Waals surface area contributed by atoms with Crippen molar-refractivity contribution in [3.05, 3.63) is 59.7 Å². The highest BCUT2D eigenvalue weighted by atomic mass is 32.2. The minimum atomic E-state index is -3.67. The molecule has 0 aromatic heterocycles. The zero-order valence-electron chi connectivity index (χ0n) is 18.5. The van der Waals surface area contributed by atoms with Gasteiger partial charge >= 0.3 is 0 Å². The summed E-state index contributed by atoms with van der Waals surface area (Å²) < 4.78 is 28.1. The van der Waals surface area contributed by atoms with Crippen LogP contribution in [-0.4, -0.2) is 20.4 Å². The van der Waals surface area contributed by atoms with E-state index >= 15 is 0 Å². The number of rotatable bonds is 7. The molecule has 1 fully saturated rings. The minimum absolute atomic E-state index is 0.0362. The Kier molecular flexibility index (Phi) is 6.01. The first-order valence-corrected chi connectivity index (χ1v) is 12.0. The van der Waals surface area contributed by atoms with Crippen LogP contribution in [-0.2, 0) is 25.6 Å². The van der Waals surface area contributed by atoms with Crippen LogP contribution >= 0.6 is 0 Å². The minimum Gasteiger partial charge on any atom is -0.353 e. The quantitative estimate of drug-likeness (QED) is 0.669. The first-order valence-electron chi connectivity index (χ1n) is 10.5. The number of amides is 1. The largest absolute Gasteiger partial charge is 0.353 e. The van der Waals surface area contributed by atoms with Crippen molar-refractivity contribution in [1.29, 1.82) is 0 Å². The third-order valence-corrected chi connectivity index (χ3v) is 7.29. The second-order valence-corrected chi connectivity index (χ2v) is 11.0. The average molecular weight is 429 g/mol. The number of carbonyl (C=O) groups is 1. The van der Waals surface area contributed by atoms with Crippen LogP contribution in [0.5, 0.6) is 0 Å². The lowest BCUT2D eigenvalue weighted by atomic mass is 9.87. The Labute approximate surface area is 180 Å². The number of hydrogen-bond donors (Lipinski definition) is 2. The van der Waals surface area contributed by atoms with Crippen molar-refractivity contribution in [2.45, 2.75) is 75.6 Å². The fraction of sp³-hybridized carbons (Fsp3) is 0.458. The van der Waals surface area contributed by atoms with Crippen molar-refractivity contribution in [3.63, 3.8) is 0 Å². The first kappa shape index (κ1) is 22.3. The number of hydrogen-bond acceptors (Lipinski definition) is 3. The Balaban J connectivity index is 1.73. The topological polar surface area (TPSA) is 75.3 Å². The van der Waals surface area contributed by atoms with Crippen molar-refractivity contribution in [2.24, 2.45) is 0 Å². The standard InChI is InChI=1S/C24H32N2O3S/c1-6-17(2)25-22(27)24(15-16-24)19-7-11-20(12-8-19)26-30(28,29)21-13-9-18(10-14-21)23(3,4)5/h7-14,17,26H,6,15-16H2,1-5H3,(H,25,27)/t17-/m1/s1. The Hall–Kier alpha value is -2.34. The molecular formula is C24H32N2O3S. The van der Waals surface area contributed by atoms with E-state index in [1.54, 1.807) is 24.3 Å². The van der Waals surface area contributed by atoms with Crippen molar-refractivity contribution >= 4 is 21.6 Å². The van der Waals surface area contributed by atoms with E-state index in [9.17, 15) is 13.2 Å². The van der Waals surface area contributed by atoms with E-state index in [2.05, 4.69) is 30.8 Å². The molecular weight excluding hydrogens is 396 g/mol. The summed E-state index contributed by atoms with van der Waals surface area (Å²) in [6, 6.07) is 14.3. The maximum absolute atomic E-state index is 12.7. The lowest BCUT2D eigenvalue weighted by molar-refractivity contribution is -0.124. The van der Waals surface area contributed by atoms with Gasteiger partial charge in [0, 0.05) is 11.7 Å². The molecule has 162 valence electrons. The summed E-state index contributed by atoms with van der Waals surface area (Å²) in [5, 5.41) is 3.07. The van der Waals surface area contributed by atoms with Gasteiger partial charge in [0.2, 0.25) is 5.91 Å². The maximum atomic E-state index is 12.7. The summed E-state index contributed by atoms with van der Waals surface area (Å²) in [5.74, 6) is 0.0594. The molecule has 3 rings (SSSR count). The highest BCUT2D eigenvalue weighted by molar-refractivity contribution is 7.92. The third-order valence-electron chi connectivity index (χ3n) is 5.89. The van der Waals surface area contributed by atoms with Crippen LogP contribution in [0.4, 0.5) is 5.69 Å². The maximum Gasteiger partial charge on any atom is 0.261 e. The van der Waals surface area contributed by atoms with Crippen molar-refractivity contribution < 1.29 is 13.2 Å². The molecule has 1 saturated carbocycles. The Bertz CT molecular complexity index is 1000. The Morgan fingerprint density at radius 2 is 1.60 bits per heavy atom. The van der Waals surface area contributed by atoms with Crippen molar-refractivity contribution in [3.8, 4) is 0 Å². The van der Waals surface area contributed by atoms with Crippen molar-refractivity contribution in [1.82, 2.24) is 5.32 Å². The fourth-order valence-electron chi connectivity index (χ4n) is 3.44. The summed E-state index contributed by atoms with van der Waals surface area (Å²) in [7, 11) is -3.67. The van der Waals surface area contributed by atoms with Crippen LogP contribution in [0.1, 0.15) is 65.0 Å². The van der Waals surface area contributed by atoms with Crippen LogP contribution in [0.25, 0.3) is 0 Å². The zero-order chi connectivity index (χ0) is 22.2. The number of benzene rings is 2. The normalized spacial score (nSPS) is 16.6. The number of carbonyl (C=O) groups excluding carboxylic acids is 1. The third kappa shape index (κ3) is 4.69. The molecule has 2 aromatic rings. The molecule has 2 N–H and O–H groups in total. The van der Waals surface area contributed by atoms with E-state index in [0.29, 0.717) is 5.69 Å². The van der Waals surface area contributed by atoms with Gasteiger partial charge in [-0.3, -0.25) is 9.52 Å². The molecule has 0 unspecified atom stereocenters. The second-order valence-electron chi connectivity index (χ2n) is 9.32. The molecule has 0 aliphatic heterocycles. The van der Waals surface area contributed by atoms with E-state index in [4.69, 9.17) is 0 Å². The summed E-state index contributed by atoms with van der Waals surface area (Å²) in [6.07, 6.45) is 2.53. The van der Waals surface area contributed by atoms with Gasteiger partial charge in [-0.25, -0.2) is 8.42 Å². The van der Waals surface area contributed by atoms with E-state index in [1.165, 1.54) is 0 Å². The van der Waals surface area contributed by atoms with E-state index in [-0.39, 0.29) is 22.3 Å². The molecule has 1 atom stereocenters. The van der Waals surface area contributed by atoms with Gasteiger partial charge in [-0.2, -0.15) is 0 Å². The van der Waals surface area contributed by atoms with Crippen LogP contribution in [0, 0.1) is 0 Å². The molecule has 1 aliphatic rings. The molecule has 0 radical (unpaired) electrons.